The molecular weight excluding hydrogens is 292 g/mol. The molecule has 1 aliphatic carbocycles. The Hall–Kier alpha value is -0.620. The van der Waals surface area contributed by atoms with Gasteiger partial charge in [-0.05, 0) is 25.0 Å². The standard InChI is InChI=1S/C14H22N2O2S2/c1-3-10-8-15-14(20-9-13(17)18)16(10)11-6-5-7-12(11)19-4-2/h8,11-12H,3-7,9H2,1-2H3,(H,17,18). The van der Waals surface area contributed by atoms with Crippen LogP contribution in [0.3, 0.4) is 0 Å². The molecule has 1 fully saturated rings. The average Bonchev–Trinajstić information content (AvgIpc) is 3.02. The number of carboxylic acid groups (broad SMARTS) is 1. The highest BCUT2D eigenvalue weighted by Gasteiger charge is 2.31. The molecule has 0 aliphatic heterocycles. The summed E-state index contributed by atoms with van der Waals surface area (Å²) < 4.78 is 2.31. The second-order valence-electron chi connectivity index (χ2n) is 4.93. The minimum atomic E-state index is -0.784. The highest BCUT2D eigenvalue weighted by Crippen LogP contribution is 2.41. The molecule has 1 aliphatic rings. The van der Waals surface area contributed by atoms with Crippen LogP contribution in [-0.4, -0.2) is 37.4 Å². The zero-order valence-corrected chi connectivity index (χ0v) is 13.7. The highest BCUT2D eigenvalue weighted by atomic mass is 32.2. The molecule has 1 N–H and O–H groups in total. The predicted molar refractivity (Wildman–Crippen MR) is 84.8 cm³/mol. The lowest BCUT2D eigenvalue weighted by Crippen LogP contribution is -2.19. The number of aryl methyl sites for hydroxylation is 1. The van der Waals surface area contributed by atoms with Gasteiger partial charge in [0, 0.05) is 23.2 Å². The third-order valence-corrected chi connectivity index (χ3v) is 5.92. The van der Waals surface area contributed by atoms with E-state index in [1.54, 1.807) is 0 Å². The van der Waals surface area contributed by atoms with Gasteiger partial charge < -0.3 is 9.67 Å². The first-order chi connectivity index (χ1) is 9.67. The summed E-state index contributed by atoms with van der Waals surface area (Å²) in [6.07, 6.45) is 6.55. The second-order valence-corrected chi connectivity index (χ2v) is 7.39. The minimum Gasteiger partial charge on any atom is -0.481 e. The largest absolute Gasteiger partial charge is 0.481 e. The number of imidazole rings is 1. The molecule has 6 heteroatoms. The Morgan fingerprint density at radius 1 is 1.50 bits per heavy atom. The lowest BCUT2D eigenvalue weighted by Gasteiger charge is -2.24. The molecule has 2 unspecified atom stereocenters. The first-order valence-electron chi connectivity index (χ1n) is 7.19. The molecule has 20 heavy (non-hydrogen) atoms. The van der Waals surface area contributed by atoms with Gasteiger partial charge in [0.1, 0.15) is 0 Å². The fraction of sp³-hybridized carbons (Fsp3) is 0.714. The van der Waals surface area contributed by atoms with Gasteiger partial charge in [-0.1, -0.05) is 32.0 Å². The van der Waals surface area contributed by atoms with E-state index < -0.39 is 5.97 Å². The van der Waals surface area contributed by atoms with Crippen molar-refractivity contribution in [1.29, 1.82) is 0 Å². The molecule has 0 aromatic carbocycles. The fourth-order valence-corrected chi connectivity index (χ4v) is 4.85. The Kier molecular flexibility index (Phi) is 5.84. The number of hydrogen-bond donors (Lipinski definition) is 1. The lowest BCUT2D eigenvalue weighted by molar-refractivity contribution is -0.133. The maximum Gasteiger partial charge on any atom is 0.313 e. The van der Waals surface area contributed by atoms with Crippen LogP contribution in [0.25, 0.3) is 0 Å². The van der Waals surface area contributed by atoms with E-state index in [0.29, 0.717) is 11.3 Å². The van der Waals surface area contributed by atoms with Crippen LogP contribution in [0, 0.1) is 0 Å². The molecule has 4 nitrogen and oxygen atoms in total. The Bertz CT molecular complexity index is 462. The molecule has 0 radical (unpaired) electrons. The van der Waals surface area contributed by atoms with Gasteiger partial charge in [-0.15, -0.1) is 0 Å². The van der Waals surface area contributed by atoms with Crippen molar-refractivity contribution in [2.45, 2.75) is 56.0 Å². The van der Waals surface area contributed by atoms with Crippen LogP contribution in [0.5, 0.6) is 0 Å². The van der Waals surface area contributed by atoms with Crippen molar-refractivity contribution < 1.29 is 9.90 Å². The molecule has 1 heterocycles. The third kappa shape index (κ3) is 3.52. The van der Waals surface area contributed by atoms with Crippen LogP contribution in [0.2, 0.25) is 0 Å². The summed E-state index contributed by atoms with van der Waals surface area (Å²) in [4.78, 5) is 15.2. The van der Waals surface area contributed by atoms with Crippen LogP contribution in [0.1, 0.15) is 44.8 Å². The Balaban J connectivity index is 2.23. The number of aromatic nitrogens is 2. The molecular formula is C14H22N2O2S2. The summed E-state index contributed by atoms with van der Waals surface area (Å²) in [6, 6.07) is 0.480. The van der Waals surface area contributed by atoms with Gasteiger partial charge in [0.2, 0.25) is 0 Å². The van der Waals surface area contributed by atoms with Crippen molar-refractivity contribution in [2.75, 3.05) is 11.5 Å². The average molecular weight is 314 g/mol. The number of carbonyl (C=O) groups is 1. The minimum absolute atomic E-state index is 0.0818. The number of thioether (sulfide) groups is 2. The van der Waals surface area contributed by atoms with Crippen molar-refractivity contribution in [3.63, 3.8) is 0 Å². The monoisotopic (exact) mass is 314 g/mol. The van der Waals surface area contributed by atoms with Gasteiger partial charge in [0.25, 0.3) is 0 Å². The predicted octanol–water partition coefficient (Wildman–Crippen LogP) is 3.47. The zero-order chi connectivity index (χ0) is 14.5. The summed E-state index contributed by atoms with van der Waals surface area (Å²) in [5.74, 6) is 0.432. The SMILES string of the molecule is CCSC1CCCC1n1c(CC)cnc1SCC(=O)O. The van der Waals surface area contributed by atoms with Crippen molar-refractivity contribution >= 4 is 29.5 Å². The molecule has 112 valence electrons. The lowest BCUT2D eigenvalue weighted by atomic mass is 10.2. The molecule has 1 saturated carbocycles. The van der Waals surface area contributed by atoms with E-state index in [-0.39, 0.29) is 5.75 Å². The Labute approximate surface area is 128 Å². The topological polar surface area (TPSA) is 55.1 Å². The van der Waals surface area contributed by atoms with E-state index in [1.807, 2.05) is 18.0 Å². The third-order valence-electron chi connectivity index (χ3n) is 3.66. The van der Waals surface area contributed by atoms with Crippen LogP contribution >= 0.6 is 23.5 Å². The smallest absolute Gasteiger partial charge is 0.313 e. The van der Waals surface area contributed by atoms with Gasteiger partial charge in [-0.25, -0.2) is 4.98 Å². The van der Waals surface area contributed by atoms with E-state index in [1.165, 1.54) is 36.7 Å². The Morgan fingerprint density at radius 2 is 2.30 bits per heavy atom. The molecule has 1 aromatic rings. The maximum absolute atomic E-state index is 10.8. The van der Waals surface area contributed by atoms with Crippen molar-refractivity contribution in [2.24, 2.45) is 0 Å². The van der Waals surface area contributed by atoms with E-state index in [0.717, 1.165) is 17.3 Å². The normalized spacial score (nSPS) is 22.3. The van der Waals surface area contributed by atoms with Crippen LogP contribution in [0.15, 0.2) is 11.4 Å². The molecule has 2 atom stereocenters. The van der Waals surface area contributed by atoms with Gasteiger partial charge in [-0.3, -0.25) is 4.79 Å². The van der Waals surface area contributed by atoms with Gasteiger partial charge in [0.05, 0.1) is 5.75 Å². The number of hydrogen-bond acceptors (Lipinski definition) is 4. The molecule has 0 spiro atoms. The van der Waals surface area contributed by atoms with Crippen molar-refractivity contribution in [3.8, 4) is 0 Å². The summed E-state index contributed by atoms with van der Waals surface area (Å²) in [5, 5.41) is 10.4. The van der Waals surface area contributed by atoms with Crippen LogP contribution < -0.4 is 0 Å². The van der Waals surface area contributed by atoms with Crippen molar-refractivity contribution in [1.82, 2.24) is 9.55 Å². The van der Waals surface area contributed by atoms with Crippen LogP contribution in [-0.2, 0) is 11.2 Å². The van der Waals surface area contributed by atoms with Gasteiger partial charge >= 0.3 is 5.97 Å². The first kappa shape index (κ1) is 15.8. The quantitative estimate of drug-likeness (QED) is 0.781. The number of aliphatic carboxylic acids is 1. The molecule has 0 bridgehead atoms. The second kappa shape index (κ2) is 7.41. The first-order valence-corrected chi connectivity index (χ1v) is 9.23. The maximum atomic E-state index is 10.8. The van der Waals surface area contributed by atoms with Crippen LogP contribution in [0.4, 0.5) is 0 Å². The number of carboxylic acids is 1. The van der Waals surface area contributed by atoms with E-state index in [2.05, 4.69) is 23.4 Å². The molecule has 0 amide bonds. The molecule has 0 saturated heterocycles. The van der Waals surface area contributed by atoms with Crippen molar-refractivity contribution in [3.05, 3.63) is 11.9 Å². The summed E-state index contributed by atoms with van der Waals surface area (Å²) in [7, 11) is 0. The zero-order valence-electron chi connectivity index (χ0n) is 12.0. The van der Waals surface area contributed by atoms with E-state index >= 15 is 0 Å². The summed E-state index contributed by atoms with van der Waals surface area (Å²) >= 11 is 3.36. The molecule has 1 aromatic heterocycles. The van der Waals surface area contributed by atoms with E-state index in [9.17, 15) is 4.79 Å². The van der Waals surface area contributed by atoms with Gasteiger partial charge in [-0.2, -0.15) is 11.8 Å². The van der Waals surface area contributed by atoms with Gasteiger partial charge in [0.15, 0.2) is 5.16 Å². The highest BCUT2D eigenvalue weighted by molar-refractivity contribution is 8.00. The summed E-state index contributed by atoms with van der Waals surface area (Å²) in [6.45, 7) is 4.34. The molecule has 2 rings (SSSR count). The number of rotatable bonds is 7. The Morgan fingerprint density at radius 3 is 2.95 bits per heavy atom. The number of nitrogens with zero attached hydrogens (tertiary/aromatic N) is 2. The van der Waals surface area contributed by atoms with E-state index in [4.69, 9.17) is 5.11 Å². The fourth-order valence-electron chi connectivity index (χ4n) is 2.84. The summed E-state index contributed by atoms with van der Waals surface area (Å²) in [5.41, 5.74) is 1.23.